The first-order valence-corrected chi connectivity index (χ1v) is 10.8. The summed E-state index contributed by atoms with van der Waals surface area (Å²) in [6.45, 7) is 9.25. The maximum absolute atomic E-state index is 12.5. The highest BCUT2D eigenvalue weighted by molar-refractivity contribution is 8.13. The lowest BCUT2D eigenvalue weighted by atomic mass is 9.91. The summed E-state index contributed by atoms with van der Waals surface area (Å²) in [6.07, 6.45) is 6.20. The maximum Gasteiger partial charge on any atom is 0.319 e. The van der Waals surface area contributed by atoms with Gasteiger partial charge in [-0.25, -0.2) is 0 Å². The number of ether oxygens (including phenoxy) is 1. The minimum absolute atomic E-state index is 0.0618. The molecule has 0 heterocycles. The lowest BCUT2D eigenvalue weighted by Gasteiger charge is -2.29. The number of carbonyl (C=O) groups is 3. The van der Waals surface area contributed by atoms with Gasteiger partial charge in [-0.15, -0.1) is 0 Å². The van der Waals surface area contributed by atoms with E-state index in [2.05, 4.69) is 5.32 Å². The van der Waals surface area contributed by atoms with E-state index >= 15 is 0 Å². The van der Waals surface area contributed by atoms with Crippen LogP contribution in [0.15, 0.2) is 0 Å². The van der Waals surface area contributed by atoms with Crippen LogP contribution in [0.25, 0.3) is 0 Å². The molecule has 1 rings (SSSR count). The molecule has 150 valence electrons. The molecule has 26 heavy (non-hydrogen) atoms. The quantitative estimate of drug-likeness (QED) is 0.348. The first kappa shape index (κ1) is 23.0. The minimum atomic E-state index is -0.736. The number of rotatable bonds is 10. The monoisotopic (exact) mass is 385 g/mol. The zero-order valence-electron chi connectivity index (χ0n) is 16.9. The lowest BCUT2D eigenvalue weighted by Crippen LogP contribution is -2.45. The Kier molecular flexibility index (Phi) is 9.69. The van der Waals surface area contributed by atoms with Crippen molar-refractivity contribution >= 4 is 28.8 Å². The van der Waals surface area contributed by atoms with Crippen LogP contribution >= 0.6 is 11.8 Å². The predicted molar refractivity (Wildman–Crippen MR) is 106 cm³/mol. The van der Waals surface area contributed by atoms with Crippen LogP contribution in [0.4, 0.5) is 0 Å². The van der Waals surface area contributed by atoms with Gasteiger partial charge in [0.05, 0.1) is 0 Å². The van der Waals surface area contributed by atoms with Crippen molar-refractivity contribution in [1.29, 1.82) is 0 Å². The average molecular weight is 386 g/mol. The SMILES string of the molecule is CC(C)C(=O)SCCCCC[C@@H](C(=O)NC1CCC1)C(=O)OC(C)(C)C. The molecule has 1 saturated carbocycles. The molecule has 0 unspecified atom stereocenters. The normalized spacial score (nSPS) is 16.1. The maximum atomic E-state index is 12.5. The number of nitrogens with one attached hydrogen (secondary N) is 1. The Bertz CT molecular complexity index is 481. The molecule has 0 aromatic rings. The molecule has 0 aromatic heterocycles. The average Bonchev–Trinajstić information content (AvgIpc) is 2.47. The Morgan fingerprint density at radius 1 is 1.12 bits per heavy atom. The summed E-state index contributed by atoms with van der Waals surface area (Å²) < 4.78 is 5.44. The molecule has 1 atom stereocenters. The van der Waals surface area contributed by atoms with Gasteiger partial charge in [0.1, 0.15) is 11.5 Å². The van der Waals surface area contributed by atoms with Crippen molar-refractivity contribution in [2.75, 3.05) is 5.75 Å². The molecule has 5 nitrogen and oxygen atoms in total. The van der Waals surface area contributed by atoms with Gasteiger partial charge in [0.2, 0.25) is 5.91 Å². The molecule has 0 radical (unpaired) electrons. The van der Waals surface area contributed by atoms with E-state index in [1.54, 1.807) is 0 Å². The molecule has 1 N–H and O–H groups in total. The van der Waals surface area contributed by atoms with Gasteiger partial charge in [-0.1, -0.05) is 38.5 Å². The van der Waals surface area contributed by atoms with Crippen LogP contribution in [0.1, 0.15) is 79.6 Å². The highest BCUT2D eigenvalue weighted by Gasteiger charge is 2.32. The number of carbonyl (C=O) groups excluding carboxylic acids is 3. The van der Waals surface area contributed by atoms with E-state index in [-0.39, 0.29) is 23.0 Å². The fourth-order valence-corrected chi connectivity index (χ4v) is 3.43. The smallest absolute Gasteiger partial charge is 0.319 e. The van der Waals surface area contributed by atoms with Crippen molar-refractivity contribution < 1.29 is 19.1 Å². The summed E-state index contributed by atoms with van der Waals surface area (Å²) in [5, 5.41) is 3.19. The third-order valence-corrected chi connectivity index (χ3v) is 5.56. The molecular weight excluding hydrogens is 350 g/mol. The third kappa shape index (κ3) is 9.06. The largest absolute Gasteiger partial charge is 0.459 e. The first-order valence-electron chi connectivity index (χ1n) is 9.80. The molecule has 1 aliphatic carbocycles. The van der Waals surface area contributed by atoms with Crippen LogP contribution in [0.2, 0.25) is 0 Å². The van der Waals surface area contributed by atoms with E-state index in [9.17, 15) is 14.4 Å². The number of hydrogen-bond acceptors (Lipinski definition) is 5. The molecule has 1 aliphatic rings. The molecule has 1 fully saturated rings. The van der Waals surface area contributed by atoms with Crippen molar-refractivity contribution in [3.05, 3.63) is 0 Å². The Morgan fingerprint density at radius 3 is 2.27 bits per heavy atom. The van der Waals surface area contributed by atoms with Gasteiger partial charge in [-0.2, -0.15) is 0 Å². The number of thioether (sulfide) groups is 1. The highest BCUT2D eigenvalue weighted by atomic mass is 32.2. The zero-order valence-corrected chi connectivity index (χ0v) is 17.7. The van der Waals surface area contributed by atoms with Crippen molar-refractivity contribution in [3.8, 4) is 0 Å². The summed E-state index contributed by atoms with van der Waals surface area (Å²) in [7, 11) is 0. The summed E-state index contributed by atoms with van der Waals surface area (Å²) in [5.74, 6) is -0.513. The Hall–Kier alpha value is -1.04. The molecule has 0 spiro atoms. The van der Waals surface area contributed by atoms with Gasteiger partial charge < -0.3 is 10.1 Å². The van der Waals surface area contributed by atoms with Gasteiger partial charge in [0.25, 0.3) is 0 Å². The second-order valence-corrected chi connectivity index (χ2v) is 9.49. The van der Waals surface area contributed by atoms with Gasteiger partial charge in [0, 0.05) is 17.7 Å². The molecule has 1 amide bonds. The third-order valence-electron chi connectivity index (χ3n) is 4.31. The van der Waals surface area contributed by atoms with Crippen molar-refractivity contribution in [2.24, 2.45) is 11.8 Å². The van der Waals surface area contributed by atoms with Crippen molar-refractivity contribution in [3.63, 3.8) is 0 Å². The fraction of sp³-hybridized carbons (Fsp3) is 0.850. The summed E-state index contributed by atoms with van der Waals surface area (Å²) in [6, 6.07) is 0.214. The zero-order chi connectivity index (χ0) is 19.7. The second kappa shape index (κ2) is 11.0. The Morgan fingerprint density at radius 2 is 1.77 bits per heavy atom. The molecular formula is C20H35NO4S. The number of hydrogen-bond donors (Lipinski definition) is 1. The number of esters is 1. The van der Waals surface area contributed by atoms with Crippen LogP contribution in [0, 0.1) is 11.8 Å². The molecule has 0 saturated heterocycles. The topological polar surface area (TPSA) is 72.5 Å². The van der Waals surface area contributed by atoms with Gasteiger partial charge in [0.15, 0.2) is 5.12 Å². The van der Waals surface area contributed by atoms with Gasteiger partial charge >= 0.3 is 5.97 Å². The molecule has 6 heteroatoms. The van der Waals surface area contributed by atoms with Crippen LogP contribution in [0.5, 0.6) is 0 Å². The molecule has 0 aromatic carbocycles. The summed E-state index contributed by atoms with van der Waals surface area (Å²) >= 11 is 1.37. The van der Waals surface area contributed by atoms with Crippen molar-refractivity contribution in [2.45, 2.75) is 91.2 Å². The van der Waals surface area contributed by atoms with E-state index in [0.29, 0.717) is 6.42 Å². The number of amides is 1. The Labute approximate surface area is 162 Å². The van der Waals surface area contributed by atoms with Crippen LogP contribution < -0.4 is 5.32 Å². The van der Waals surface area contributed by atoms with Crippen molar-refractivity contribution in [1.82, 2.24) is 5.32 Å². The lowest BCUT2D eigenvalue weighted by molar-refractivity contribution is -0.163. The van der Waals surface area contributed by atoms with E-state index in [1.807, 2.05) is 34.6 Å². The highest BCUT2D eigenvalue weighted by Crippen LogP contribution is 2.22. The minimum Gasteiger partial charge on any atom is -0.459 e. The first-order chi connectivity index (χ1) is 12.1. The Balaban J connectivity index is 2.42. The van der Waals surface area contributed by atoms with E-state index < -0.39 is 17.5 Å². The molecule has 0 bridgehead atoms. The summed E-state index contributed by atoms with van der Waals surface area (Å²) in [5.41, 5.74) is -0.597. The molecule has 0 aliphatic heterocycles. The van der Waals surface area contributed by atoms with E-state index in [1.165, 1.54) is 11.8 Å². The number of unbranched alkanes of at least 4 members (excludes halogenated alkanes) is 2. The van der Waals surface area contributed by atoms with E-state index in [0.717, 1.165) is 44.3 Å². The predicted octanol–water partition coefficient (Wildman–Crippen LogP) is 4.09. The van der Waals surface area contributed by atoms with Crippen LogP contribution in [-0.2, 0) is 19.1 Å². The fourth-order valence-electron chi connectivity index (χ4n) is 2.55. The van der Waals surface area contributed by atoms with Crippen LogP contribution in [-0.4, -0.2) is 34.4 Å². The van der Waals surface area contributed by atoms with E-state index in [4.69, 9.17) is 4.74 Å². The standard InChI is InChI=1S/C20H35NO4S/c1-14(2)19(24)26-13-8-6-7-12-16(18(23)25-20(3,4)5)17(22)21-15-10-9-11-15/h14-16H,6-13H2,1-5H3,(H,21,22)/t16-/m0/s1. The van der Waals surface area contributed by atoms with Gasteiger partial charge in [-0.3, -0.25) is 14.4 Å². The van der Waals surface area contributed by atoms with Gasteiger partial charge in [-0.05, 0) is 52.9 Å². The summed E-state index contributed by atoms with van der Waals surface area (Å²) in [4.78, 5) is 36.5. The van der Waals surface area contributed by atoms with Crippen LogP contribution in [0.3, 0.4) is 0 Å². The second-order valence-electron chi connectivity index (χ2n) is 8.39.